The highest BCUT2D eigenvalue weighted by atomic mass is 35.5. The number of nitrogens with one attached hydrogen (secondary N) is 1. The molecule has 7 heteroatoms. The van der Waals surface area contributed by atoms with Crippen molar-refractivity contribution in [3.63, 3.8) is 0 Å². The van der Waals surface area contributed by atoms with Gasteiger partial charge in [-0.1, -0.05) is 29.3 Å². The number of H-pyrrole nitrogens is 1. The van der Waals surface area contributed by atoms with Crippen LogP contribution in [-0.2, 0) is 0 Å². The van der Waals surface area contributed by atoms with E-state index in [1.54, 1.807) is 22.9 Å². The second kappa shape index (κ2) is 5.60. The molecule has 0 amide bonds. The Hall–Kier alpha value is -1.69. The van der Waals surface area contributed by atoms with Gasteiger partial charge in [-0.25, -0.2) is 0 Å². The van der Waals surface area contributed by atoms with Gasteiger partial charge in [0.2, 0.25) is 0 Å². The number of aromatic amines is 1. The molecule has 0 atom stereocenters. The van der Waals surface area contributed by atoms with Gasteiger partial charge >= 0.3 is 0 Å². The number of rotatable bonds is 2. The van der Waals surface area contributed by atoms with Crippen molar-refractivity contribution in [2.75, 3.05) is 0 Å². The molecule has 0 unspecified atom stereocenters. The van der Waals surface area contributed by atoms with Crippen LogP contribution in [0.1, 0.15) is 5.56 Å². The molecule has 3 rings (SSSR count). The summed E-state index contributed by atoms with van der Waals surface area (Å²) in [5.74, 6) is 0.586. The monoisotopic (exact) mass is 336 g/mol. The molecule has 0 aliphatic heterocycles. The van der Waals surface area contributed by atoms with Crippen molar-refractivity contribution in [3.8, 4) is 17.2 Å². The summed E-state index contributed by atoms with van der Waals surface area (Å²) in [5, 5.41) is 8.17. The Labute approximate surface area is 136 Å². The third kappa shape index (κ3) is 2.60. The summed E-state index contributed by atoms with van der Waals surface area (Å²) in [4.78, 5) is 4.29. The molecule has 2 aromatic heterocycles. The van der Waals surface area contributed by atoms with E-state index in [2.05, 4.69) is 15.2 Å². The number of aryl methyl sites for hydroxylation is 1. The Bertz CT molecular complexity index is 855. The number of pyridine rings is 1. The second-order valence-electron chi connectivity index (χ2n) is 4.46. The van der Waals surface area contributed by atoms with Gasteiger partial charge in [-0.3, -0.25) is 14.6 Å². The normalized spacial score (nSPS) is 10.8. The van der Waals surface area contributed by atoms with Gasteiger partial charge in [-0.2, -0.15) is 5.10 Å². The van der Waals surface area contributed by atoms with Crippen molar-refractivity contribution in [1.82, 2.24) is 19.7 Å². The molecule has 2 heterocycles. The van der Waals surface area contributed by atoms with Gasteiger partial charge in [0.15, 0.2) is 10.6 Å². The fourth-order valence-electron chi connectivity index (χ4n) is 1.99. The predicted molar refractivity (Wildman–Crippen MR) is 86.7 cm³/mol. The number of hydrogen-bond donors (Lipinski definition) is 1. The summed E-state index contributed by atoms with van der Waals surface area (Å²) in [6, 6.07) is 9.15. The van der Waals surface area contributed by atoms with Crippen LogP contribution in [0.3, 0.4) is 0 Å². The lowest BCUT2D eigenvalue weighted by Crippen LogP contribution is -2.00. The number of aromatic nitrogens is 4. The standard InChI is InChI=1S/C14H10Cl2N4S/c1-8-6-10(16)12(7-9(8)15)20-13(18-19-14(20)21)11-4-2-3-5-17-11/h2-7H,1H3,(H,19,21). The van der Waals surface area contributed by atoms with Crippen LogP contribution < -0.4 is 0 Å². The average molecular weight is 337 g/mol. The Kier molecular flexibility index (Phi) is 3.80. The van der Waals surface area contributed by atoms with Crippen LogP contribution in [0.4, 0.5) is 0 Å². The first-order chi connectivity index (χ1) is 10.1. The second-order valence-corrected chi connectivity index (χ2v) is 5.66. The minimum absolute atomic E-state index is 0.428. The highest BCUT2D eigenvalue weighted by molar-refractivity contribution is 7.71. The Morgan fingerprint density at radius 1 is 1.19 bits per heavy atom. The number of halogens is 2. The maximum Gasteiger partial charge on any atom is 0.200 e. The number of hydrogen-bond acceptors (Lipinski definition) is 3. The molecule has 0 saturated heterocycles. The lowest BCUT2D eigenvalue weighted by atomic mass is 10.2. The molecular weight excluding hydrogens is 327 g/mol. The van der Waals surface area contributed by atoms with E-state index in [0.29, 0.717) is 32.0 Å². The lowest BCUT2D eigenvalue weighted by molar-refractivity contribution is 1.03. The van der Waals surface area contributed by atoms with Crippen LogP contribution in [0.15, 0.2) is 36.5 Å². The van der Waals surface area contributed by atoms with Gasteiger partial charge in [0.05, 0.1) is 10.7 Å². The van der Waals surface area contributed by atoms with E-state index in [0.717, 1.165) is 5.56 Å². The van der Waals surface area contributed by atoms with E-state index in [4.69, 9.17) is 35.4 Å². The summed E-state index contributed by atoms with van der Waals surface area (Å²) in [6.07, 6.45) is 1.70. The topological polar surface area (TPSA) is 46.5 Å². The smallest absolute Gasteiger partial charge is 0.200 e. The molecule has 106 valence electrons. The quantitative estimate of drug-likeness (QED) is 0.695. The minimum atomic E-state index is 0.428. The van der Waals surface area contributed by atoms with Crippen molar-refractivity contribution in [3.05, 3.63) is 56.9 Å². The lowest BCUT2D eigenvalue weighted by Gasteiger charge is -2.10. The van der Waals surface area contributed by atoms with Crippen LogP contribution in [0, 0.1) is 11.7 Å². The molecule has 0 aliphatic rings. The zero-order chi connectivity index (χ0) is 15.0. The molecule has 0 saturated carbocycles. The van der Waals surface area contributed by atoms with Crippen LogP contribution in [-0.4, -0.2) is 19.7 Å². The summed E-state index contributed by atoms with van der Waals surface area (Å²) >= 11 is 17.8. The van der Waals surface area contributed by atoms with Gasteiger partial charge in [0.1, 0.15) is 5.69 Å². The molecule has 0 spiro atoms. The van der Waals surface area contributed by atoms with Gasteiger partial charge in [0.25, 0.3) is 0 Å². The van der Waals surface area contributed by atoms with E-state index in [1.807, 2.05) is 25.1 Å². The summed E-state index contributed by atoms with van der Waals surface area (Å²) in [6.45, 7) is 1.90. The van der Waals surface area contributed by atoms with Crippen LogP contribution >= 0.6 is 35.4 Å². The Morgan fingerprint density at radius 3 is 2.71 bits per heavy atom. The average Bonchev–Trinajstić information content (AvgIpc) is 2.85. The molecule has 0 radical (unpaired) electrons. The molecular formula is C14H10Cl2N4S. The minimum Gasteiger partial charge on any atom is -0.265 e. The first-order valence-corrected chi connectivity index (χ1v) is 7.29. The number of nitrogens with zero attached hydrogens (tertiary/aromatic N) is 3. The number of benzene rings is 1. The molecule has 1 N–H and O–H groups in total. The highest BCUT2D eigenvalue weighted by Crippen LogP contribution is 2.30. The molecule has 0 fully saturated rings. The van der Waals surface area contributed by atoms with Crippen molar-refractivity contribution < 1.29 is 0 Å². The maximum atomic E-state index is 6.34. The maximum absolute atomic E-state index is 6.34. The molecule has 0 bridgehead atoms. The van der Waals surface area contributed by atoms with E-state index < -0.39 is 0 Å². The molecule has 4 nitrogen and oxygen atoms in total. The fraction of sp³-hybridized carbons (Fsp3) is 0.0714. The third-order valence-corrected chi connectivity index (χ3v) is 4.02. The third-order valence-electron chi connectivity index (χ3n) is 3.04. The van der Waals surface area contributed by atoms with Crippen LogP contribution in [0.2, 0.25) is 10.0 Å². The SMILES string of the molecule is Cc1cc(Cl)c(-n2c(-c3ccccn3)n[nH]c2=S)cc1Cl. The highest BCUT2D eigenvalue weighted by Gasteiger charge is 2.15. The van der Waals surface area contributed by atoms with Crippen molar-refractivity contribution >= 4 is 35.4 Å². The van der Waals surface area contributed by atoms with E-state index in [9.17, 15) is 0 Å². The van der Waals surface area contributed by atoms with Gasteiger partial charge in [-0.05, 0) is 49.0 Å². The molecule has 0 aliphatic carbocycles. The zero-order valence-electron chi connectivity index (χ0n) is 11.0. The molecule has 21 heavy (non-hydrogen) atoms. The van der Waals surface area contributed by atoms with Gasteiger partial charge < -0.3 is 0 Å². The van der Waals surface area contributed by atoms with E-state index in [-0.39, 0.29) is 0 Å². The Balaban J connectivity index is 2.27. The summed E-state index contributed by atoms with van der Waals surface area (Å²) in [7, 11) is 0. The first-order valence-electron chi connectivity index (χ1n) is 6.13. The molecule has 3 aromatic rings. The van der Waals surface area contributed by atoms with Crippen molar-refractivity contribution in [1.29, 1.82) is 0 Å². The Morgan fingerprint density at radius 2 is 2.00 bits per heavy atom. The van der Waals surface area contributed by atoms with E-state index in [1.165, 1.54) is 0 Å². The van der Waals surface area contributed by atoms with Gasteiger partial charge in [0, 0.05) is 11.2 Å². The fourth-order valence-corrected chi connectivity index (χ4v) is 2.69. The van der Waals surface area contributed by atoms with Crippen molar-refractivity contribution in [2.24, 2.45) is 0 Å². The first kappa shape index (κ1) is 14.3. The predicted octanol–water partition coefficient (Wildman–Crippen LogP) is 4.61. The zero-order valence-corrected chi connectivity index (χ0v) is 13.3. The van der Waals surface area contributed by atoms with Crippen LogP contribution in [0.25, 0.3) is 17.2 Å². The summed E-state index contributed by atoms with van der Waals surface area (Å²) in [5.41, 5.74) is 2.27. The van der Waals surface area contributed by atoms with Crippen molar-refractivity contribution in [2.45, 2.75) is 6.92 Å². The largest absolute Gasteiger partial charge is 0.265 e. The molecule has 1 aromatic carbocycles. The summed E-state index contributed by atoms with van der Waals surface area (Å²) < 4.78 is 2.16. The van der Waals surface area contributed by atoms with E-state index >= 15 is 0 Å². The van der Waals surface area contributed by atoms with Crippen LogP contribution in [0.5, 0.6) is 0 Å². The van der Waals surface area contributed by atoms with Gasteiger partial charge in [-0.15, -0.1) is 0 Å².